The van der Waals surface area contributed by atoms with Crippen LogP contribution in [-0.4, -0.2) is 23.5 Å². The number of carbonyl (C=O) groups is 1. The number of pyridine rings is 1. The Balaban J connectivity index is 2.03. The molecule has 0 spiro atoms. The first kappa shape index (κ1) is 12.0. The number of hydrogen-bond donors (Lipinski definition) is 2. The van der Waals surface area contributed by atoms with Crippen molar-refractivity contribution in [2.24, 2.45) is 5.92 Å². The van der Waals surface area contributed by atoms with Gasteiger partial charge in [0.2, 0.25) is 5.91 Å². The van der Waals surface area contributed by atoms with Gasteiger partial charge in [-0.25, -0.2) is 4.98 Å². The first-order chi connectivity index (χ1) is 8.18. The normalized spacial score (nSPS) is 24.4. The predicted molar refractivity (Wildman–Crippen MR) is 67.8 cm³/mol. The fourth-order valence-corrected chi connectivity index (χ4v) is 2.21. The van der Waals surface area contributed by atoms with E-state index in [1.54, 1.807) is 6.20 Å². The maximum Gasteiger partial charge on any atom is 0.242 e. The van der Waals surface area contributed by atoms with E-state index in [-0.39, 0.29) is 11.9 Å². The molecule has 0 aliphatic carbocycles. The van der Waals surface area contributed by atoms with Crippen LogP contribution in [-0.2, 0) is 4.79 Å². The number of anilines is 1. The lowest BCUT2D eigenvalue weighted by atomic mass is 9.92. The third-order valence-electron chi connectivity index (χ3n) is 3.30. The lowest BCUT2D eigenvalue weighted by molar-refractivity contribution is -0.119. The summed E-state index contributed by atoms with van der Waals surface area (Å²) in [7, 11) is 0. The van der Waals surface area contributed by atoms with Crippen LogP contribution < -0.4 is 10.6 Å². The minimum absolute atomic E-state index is 0.0269. The molecule has 1 aromatic rings. The van der Waals surface area contributed by atoms with E-state index in [1.165, 1.54) is 0 Å². The third kappa shape index (κ3) is 2.82. The van der Waals surface area contributed by atoms with Crippen LogP contribution in [0.4, 0.5) is 5.82 Å². The van der Waals surface area contributed by atoms with Gasteiger partial charge in [0.15, 0.2) is 0 Å². The number of aryl methyl sites for hydroxylation is 1. The van der Waals surface area contributed by atoms with Gasteiger partial charge < -0.3 is 10.6 Å². The van der Waals surface area contributed by atoms with Crippen LogP contribution >= 0.6 is 0 Å². The number of nitrogens with zero attached hydrogens (tertiary/aromatic N) is 1. The van der Waals surface area contributed by atoms with E-state index in [0.717, 1.165) is 24.9 Å². The Labute approximate surface area is 102 Å². The number of piperidine rings is 1. The van der Waals surface area contributed by atoms with Gasteiger partial charge in [-0.05, 0) is 43.9 Å². The van der Waals surface area contributed by atoms with Crippen molar-refractivity contribution >= 4 is 11.7 Å². The molecule has 0 aromatic carbocycles. The lowest BCUT2D eigenvalue weighted by Crippen LogP contribution is -2.48. The van der Waals surface area contributed by atoms with Gasteiger partial charge in [-0.1, -0.05) is 13.0 Å². The van der Waals surface area contributed by atoms with Gasteiger partial charge in [0.1, 0.15) is 5.82 Å². The Hall–Kier alpha value is -1.42. The van der Waals surface area contributed by atoms with Gasteiger partial charge in [0.05, 0.1) is 6.04 Å². The van der Waals surface area contributed by atoms with Gasteiger partial charge >= 0.3 is 0 Å². The molecule has 0 radical (unpaired) electrons. The molecule has 0 saturated carbocycles. The summed E-state index contributed by atoms with van der Waals surface area (Å²) in [5.74, 6) is 1.07. The number of hydrogen-bond acceptors (Lipinski definition) is 3. The smallest absolute Gasteiger partial charge is 0.242 e. The monoisotopic (exact) mass is 233 g/mol. The van der Waals surface area contributed by atoms with E-state index < -0.39 is 0 Å². The van der Waals surface area contributed by atoms with Crippen molar-refractivity contribution in [1.82, 2.24) is 10.3 Å². The van der Waals surface area contributed by atoms with Crippen molar-refractivity contribution in [3.05, 3.63) is 23.9 Å². The van der Waals surface area contributed by atoms with Crippen LogP contribution in [0.2, 0.25) is 0 Å². The fraction of sp³-hybridized carbons (Fsp3) is 0.538. The summed E-state index contributed by atoms with van der Waals surface area (Å²) in [4.78, 5) is 16.3. The molecule has 2 atom stereocenters. The Morgan fingerprint density at radius 3 is 3.12 bits per heavy atom. The maximum atomic E-state index is 12.1. The standard InChI is InChI=1S/C13H19N3O/c1-9-5-3-7-14-11(9)13(17)16-12-10(2)6-4-8-15-12/h4,6,8-9,11,14H,3,5,7H2,1-2H3,(H,15,16,17). The molecule has 1 fully saturated rings. The van der Waals surface area contributed by atoms with Gasteiger partial charge in [0, 0.05) is 6.20 Å². The molecule has 1 aromatic heterocycles. The highest BCUT2D eigenvalue weighted by molar-refractivity contribution is 5.94. The maximum absolute atomic E-state index is 12.1. The highest BCUT2D eigenvalue weighted by atomic mass is 16.2. The molecule has 2 rings (SSSR count). The third-order valence-corrected chi connectivity index (χ3v) is 3.30. The van der Waals surface area contributed by atoms with Gasteiger partial charge in [0.25, 0.3) is 0 Å². The highest BCUT2D eigenvalue weighted by Crippen LogP contribution is 2.17. The summed E-state index contributed by atoms with van der Waals surface area (Å²) in [5.41, 5.74) is 0.990. The summed E-state index contributed by atoms with van der Waals surface area (Å²) in [5, 5.41) is 6.17. The van der Waals surface area contributed by atoms with Gasteiger partial charge in [-0.3, -0.25) is 4.79 Å². The molecule has 2 unspecified atom stereocenters. The van der Waals surface area contributed by atoms with Crippen LogP contribution in [0, 0.1) is 12.8 Å². The second-order valence-electron chi connectivity index (χ2n) is 4.71. The van der Waals surface area contributed by atoms with E-state index in [9.17, 15) is 4.79 Å². The first-order valence-corrected chi connectivity index (χ1v) is 6.14. The summed E-state index contributed by atoms with van der Waals surface area (Å²) in [6.45, 7) is 4.98. The molecule has 92 valence electrons. The molecular weight excluding hydrogens is 214 g/mol. The molecule has 17 heavy (non-hydrogen) atoms. The minimum atomic E-state index is -0.0924. The lowest BCUT2D eigenvalue weighted by Gasteiger charge is -2.28. The largest absolute Gasteiger partial charge is 0.309 e. The van der Waals surface area contributed by atoms with E-state index in [2.05, 4.69) is 22.5 Å². The molecule has 1 aliphatic rings. The Bertz CT molecular complexity index is 405. The number of carbonyl (C=O) groups excluding carboxylic acids is 1. The first-order valence-electron chi connectivity index (χ1n) is 6.14. The van der Waals surface area contributed by atoms with Crippen LogP contribution in [0.25, 0.3) is 0 Å². The Morgan fingerprint density at radius 1 is 1.59 bits per heavy atom. The minimum Gasteiger partial charge on any atom is -0.309 e. The zero-order valence-electron chi connectivity index (χ0n) is 10.4. The fourth-order valence-electron chi connectivity index (χ4n) is 2.21. The van der Waals surface area contributed by atoms with E-state index >= 15 is 0 Å². The van der Waals surface area contributed by atoms with E-state index in [0.29, 0.717) is 11.7 Å². The SMILES string of the molecule is Cc1cccnc1NC(=O)C1NCCCC1C. The molecule has 4 heteroatoms. The topological polar surface area (TPSA) is 54.0 Å². The number of amides is 1. The number of nitrogens with one attached hydrogen (secondary N) is 2. The quantitative estimate of drug-likeness (QED) is 0.817. The second kappa shape index (κ2) is 5.27. The molecule has 4 nitrogen and oxygen atoms in total. The molecule has 1 amide bonds. The van der Waals surface area contributed by atoms with Gasteiger partial charge in [-0.2, -0.15) is 0 Å². The molecule has 2 heterocycles. The molecule has 2 N–H and O–H groups in total. The van der Waals surface area contributed by atoms with Crippen molar-refractivity contribution in [3.63, 3.8) is 0 Å². The molecular formula is C13H19N3O. The molecule has 1 saturated heterocycles. The van der Waals surface area contributed by atoms with Crippen molar-refractivity contribution in [1.29, 1.82) is 0 Å². The van der Waals surface area contributed by atoms with Crippen molar-refractivity contribution in [2.75, 3.05) is 11.9 Å². The van der Waals surface area contributed by atoms with Crippen LogP contribution in [0.3, 0.4) is 0 Å². The average molecular weight is 233 g/mol. The second-order valence-corrected chi connectivity index (χ2v) is 4.71. The van der Waals surface area contributed by atoms with Crippen LogP contribution in [0.1, 0.15) is 25.3 Å². The van der Waals surface area contributed by atoms with Crippen molar-refractivity contribution in [2.45, 2.75) is 32.7 Å². The predicted octanol–water partition coefficient (Wildman–Crippen LogP) is 1.72. The molecule has 1 aliphatic heterocycles. The molecule has 0 bridgehead atoms. The summed E-state index contributed by atoms with van der Waals surface area (Å²) in [6, 6.07) is 3.72. The van der Waals surface area contributed by atoms with Gasteiger partial charge in [-0.15, -0.1) is 0 Å². The van der Waals surface area contributed by atoms with Crippen molar-refractivity contribution in [3.8, 4) is 0 Å². The van der Waals surface area contributed by atoms with E-state index in [1.807, 2.05) is 19.1 Å². The Morgan fingerprint density at radius 2 is 2.41 bits per heavy atom. The number of aromatic nitrogens is 1. The summed E-state index contributed by atoms with van der Waals surface area (Å²) >= 11 is 0. The summed E-state index contributed by atoms with van der Waals surface area (Å²) < 4.78 is 0. The zero-order valence-corrected chi connectivity index (χ0v) is 10.4. The van der Waals surface area contributed by atoms with Crippen LogP contribution in [0.15, 0.2) is 18.3 Å². The number of rotatable bonds is 2. The van der Waals surface area contributed by atoms with E-state index in [4.69, 9.17) is 0 Å². The zero-order chi connectivity index (χ0) is 12.3. The van der Waals surface area contributed by atoms with Crippen molar-refractivity contribution < 1.29 is 4.79 Å². The summed E-state index contributed by atoms with van der Waals surface area (Å²) in [6.07, 6.45) is 3.94. The highest BCUT2D eigenvalue weighted by Gasteiger charge is 2.27. The van der Waals surface area contributed by atoms with Crippen LogP contribution in [0.5, 0.6) is 0 Å². The Kier molecular flexibility index (Phi) is 3.74. The average Bonchev–Trinajstić information content (AvgIpc) is 2.32.